The van der Waals surface area contributed by atoms with Crippen molar-refractivity contribution in [3.8, 4) is 10.7 Å². The van der Waals surface area contributed by atoms with Gasteiger partial charge in [0.25, 0.3) is 0 Å². The molecule has 8 nitrogen and oxygen atoms in total. The van der Waals surface area contributed by atoms with Gasteiger partial charge < -0.3 is 9.84 Å². The van der Waals surface area contributed by atoms with E-state index in [0.717, 1.165) is 11.1 Å². The number of nitrogens with zero attached hydrogens (tertiary/aromatic N) is 2. The molecule has 0 unspecified atom stereocenters. The Morgan fingerprint density at radius 3 is 2.54 bits per heavy atom. The molecular formula is C18H20N4O4S2. The summed E-state index contributed by atoms with van der Waals surface area (Å²) in [6.45, 7) is 5.31. The fourth-order valence-corrected chi connectivity index (χ4v) is 4.95. The lowest BCUT2D eigenvalue weighted by molar-refractivity contribution is -0.120. The monoisotopic (exact) mass is 420 g/mol. The molecule has 0 aliphatic rings. The van der Waals surface area contributed by atoms with Crippen LogP contribution in [0.5, 0.6) is 0 Å². The van der Waals surface area contributed by atoms with Crippen molar-refractivity contribution in [2.75, 3.05) is 6.54 Å². The third-order valence-electron chi connectivity index (χ3n) is 3.94. The van der Waals surface area contributed by atoms with Crippen LogP contribution in [0.4, 0.5) is 0 Å². The fourth-order valence-electron chi connectivity index (χ4n) is 2.45. The second-order valence-corrected chi connectivity index (χ2v) is 9.25. The van der Waals surface area contributed by atoms with Crippen LogP contribution in [-0.4, -0.2) is 31.0 Å². The SMILES string of the molecule is Cc1ccc(CNC(=O)CNS(=O)(=O)c2cc(-c3noc(C)n3)sc2C)cc1. The molecule has 0 aliphatic heterocycles. The zero-order valence-electron chi connectivity index (χ0n) is 15.6. The van der Waals surface area contributed by atoms with Gasteiger partial charge in [0.2, 0.25) is 27.6 Å². The lowest BCUT2D eigenvalue weighted by Crippen LogP contribution is -2.36. The molecule has 1 amide bonds. The Bertz CT molecular complexity index is 1090. The molecule has 0 saturated carbocycles. The number of rotatable bonds is 7. The highest BCUT2D eigenvalue weighted by molar-refractivity contribution is 7.89. The van der Waals surface area contributed by atoms with E-state index in [9.17, 15) is 13.2 Å². The molecule has 148 valence electrons. The summed E-state index contributed by atoms with van der Waals surface area (Å²) in [7, 11) is -3.84. The smallest absolute Gasteiger partial charge is 0.242 e. The number of thiophene rings is 1. The maximum absolute atomic E-state index is 12.6. The van der Waals surface area contributed by atoms with Crippen LogP contribution < -0.4 is 10.0 Å². The molecule has 0 bridgehead atoms. The Morgan fingerprint density at radius 1 is 1.18 bits per heavy atom. The molecule has 0 saturated heterocycles. The van der Waals surface area contributed by atoms with Gasteiger partial charge in [0.1, 0.15) is 0 Å². The summed E-state index contributed by atoms with van der Waals surface area (Å²) in [5, 5.41) is 6.50. The van der Waals surface area contributed by atoms with Gasteiger partial charge in [-0.3, -0.25) is 4.79 Å². The number of benzene rings is 1. The molecule has 2 aromatic heterocycles. The van der Waals surface area contributed by atoms with Crippen LogP contribution in [0.1, 0.15) is 21.9 Å². The number of aryl methyl sites for hydroxylation is 3. The van der Waals surface area contributed by atoms with Gasteiger partial charge in [0.15, 0.2) is 0 Å². The minimum absolute atomic E-state index is 0.0984. The third kappa shape index (κ3) is 4.83. The van der Waals surface area contributed by atoms with E-state index in [1.54, 1.807) is 13.8 Å². The first-order valence-corrected chi connectivity index (χ1v) is 10.8. The number of amides is 1. The summed E-state index contributed by atoms with van der Waals surface area (Å²) in [6, 6.07) is 9.21. The van der Waals surface area contributed by atoms with Crippen molar-refractivity contribution in [2.24, 2.45) is 0 Å². The zero-order valence-corrected chi connectivity index (χ0v) is 17.3. The van der Waals surface area contributed by atoms with E-state index in [1.807, 2.05) is 31.2 Å². The van der Waals surface area contributed by atoms with Gasteiger partial charge in [-0.1, -0.05) is 35.0 Å². The minimum atomic E-state index is -3.84. The first-order chi connectivity index (χ1) is 13.2. The Labute approximate surface area is 167 Å². The average molecular weight is 421 g/mol. The van der Waals surface area contributed by atoms with Crippen molar-refractivity contribution >= 4 is 27.3 Å². The molecule has 2 N–H and O–H groups in total. The highest BCUT2D eigenvalue weighted by Crippen LogP contribution is 2.31. The first-order valence-electron chi connectivity index (χ1n) is 8.47. The van der Waals surface area contributed by atoms with Gasteiger partial charge in [-0.25, -0.2) is 13.1 Å². The normalized spacial score (nSPS) is 11.5. The van der Waals surface area contributed by atoms with Crippen molar-refractivity contribution in [3.05, 3.63) is 52.2 Å². The second kappa shape index (κ2) is 8.21. The van der Waals surface area contributed by atoms with Crippen molar-refractivity contribution < 1.29 is 17.7 Å². The van der Waals surface area contributed by atoms with Crippen LogP contribution in [0.3, 0.4) is 0 Å². The van der Waals surface area contributed by atoms with E-state index < -0.39 is 15.9 Å². The number of carbonyl (C=O) groups excluding carboxylic acids is 1. The number of nitrogens with one attached hydrogen (secondary N) is 2. The van der Waals surface area contributed by atoms with Crippen LogP contribution in [0, 0.1) is 20.8 Å². The summed E-state index contributed by atoms with van der Waals surface area (Å²) in [6.07, 6.45) is 0. The van der Waals surface area contributed by atoms with Crippen LogP contribution in [0.2, 0.25) is 0 Å². The number of carbonyl (C=O) groups is 1. The molecule has 3 aromatic rings. The summed E-state index contributed by atoms with van der Waals surface area (Å²) in [4.78, 5) is 17.4. The highest BCUT2D eigenvalue weighted by Gasteiger charge is 2.22. The van der Waals surface area contributed by atoms with E-state index in [1.165, 1.54) is 17.4 Å². The van der Waals surface area contributed by atoms with Gasteiger partial charge in [0.05, 0.1) is 16.3 Å². The number of sulfonamides is 1. The van der Waals surface area contributed by atoms with Crippen molar-refractivity contribution in [1.82, 2.24) is 20.2 Å². The van der Waals surface area contributed by atoms with E-state index in [0.29, 0.717) is 28.0 Å². The molecule has 1 aromatic carbocycles. The lowest BCUT2D eigenvalue weighted by atomic mass is 10.1. The summed E-state index contributed by atoms with van der Waals surface area (Å²) < 4.78 is 32.4. The standard InChI is InChI=1S/C18H20N4O4S2/c1-11-4-6-14(7-5-11)9-19-17(23)10-20-28(24,25)16-8-15(27-12(16)2)18-21-13(3)26-22-18/h4-8,20H,9-10H2,1-3H3,(H,19,23). The van der Waals surface area contributed by atoms with Crippen molar-refractivity contribution in [1.29, 1.82) is 0 Å². The first kappa shape index (κ1) is 20.2. The van der Waals surface area contributed by atoms with Gasteiger partial charge in [-0.05, 0) is 25.5 Å². The maximum atomic E-state index is 12.6. The zero-order chi connectivity index (χ0) is 20.3. The summed E-state index contributed by atoms with van der Waals surface area (Å²) in [5.41, 5.74) is 2.07. The lowest BCUT2D eigenvalue weighted by Gasteiger charge is -2.08. The summed E-state index contributed by atoms with van der Waals surface area (Å²) in [5.74, 6) is 0.322. The van der Waals surface area contributed by atoms with E-state index in [4.69, 9.17) is 4.52 Å². The Kier molecular flexibility index (Phi) is 5.92. The number of hydrogen-bond acceptors (Lipinski definition) is 7. The molecular weight excluding hydrogens is 400 g/mol. The molecule has 3 rings (SSSR count). The molecule has 0 atom stereocenters. The Morgan fingerprint density at radius 2 is 1.89 bits per heavy atom. The van der Waals surface area contributed by atoms with Crippen molar-refractivity contribution in [2.45, 2.75) is 32.2 Å². The Balaban J connectivity index is 1.61. The molecule has 2 heterocycles. The van der Waals surface area contributed by atoms with Gasteiger partial charge in [-0.15, -0.1) is 11.3 Å². The Hall–Kier alpha value is -2.56. The average Bonchev–Trinajstić information content (AvgIpc) is 3.25. The molecule has 0 fully saturated rings. The van der Waals surface area contributed by atoms with Crippen LogP contribution >= 0.6 is 11.3 Å². The molecule has 0 spiro atoms. The molecule has 10 heteroatoms. The van der Waals surface area contributed by atoms with Crippen LogP contribution in [0.25, 0.3) is 10.7 Å². The number of hydrogen-bond donors (Lipinski definition) is 2. The maximum Gasteiger partial charge on any atom is 0.242 e. The third-order valence-corrected chi connectivity index (χ3v) is 6.65. The van der Waals surface area contributed by atoms with Crippen LogP contribution in [-0.2, 0) is 21.4 Å². The van der Waals surface area contributed by atoms with E-state index in [2.05, 4.69) is 20.2 Å². The molecule has 0 radical (unpaired) electrons. The second-order valence-electron chi connectivity index (χ2n) is 6.25. The number of aromatic nitrogens is 2. The largest absolute Gasteiger partial charge is 0.351 e. The molecule has 28 heavy (non-hydrogen) atoms. The predicted octanol–water partition coefficient (Wildman–Crippen LogP) is 2.32. The topological polar surface area (TPSA) is 114 Å². The fraction of sp³-hybridized carbons (Fsp3) is 0.278. The van der Waals surface area contributed by atoms with Crippen molar-refractivity contribution in [3.63, 3.8) is 0 Å². The highest BCUT2D eigenvalue weighted by atomic mass is 32.2. The van der Waals surface area contributed by atoms with E-state index >= 15 is 0 Å². The van der Waals surface area contributed by atoms with E-state index in [-0.39, 0.29) is 11.4 Å². The summed E-state index contributed by atoms with van der Waals surface area (Å²) >= 11 is 1.25. The van der Waals surface area contributed by atoms with Gasteiger partial charge in [-0.2, -0.15) is 4.98 Å². The predicted molar refractivity (Wildman–Crippen MR) is 105 cm³/mol. The molecule has 0 aliphatic carbocycles. The van der Waals surface area contributed by atoms with Gasteiger partial charge in [0, 0.05) is 18.3 Å². The van der Waals surface area contributed by atoms with Crippen LogP contribution in [0.15, 0.2) is 39.8 Å². The van der Waals surface area contributed by atoms with Gasteiger partial charge >= 0.3 is 0 Å². The quantitative estimate of drug-likeness (QED) is 0.606. The minimum Gasteiger partial charge on any atom is -0.351 e.